The average Bonchev–Trinajstić information content (AvgIpc) is 2.17. The molecule has 6 nitrogen and oxygen atoms in total. The van der Waals surface area contributed by atoms with Crippen LogP contribution in [0.15, 0.2) is 18.2 Å². The van der Waals surface area contributed by atoms with E-state index in [0.717, 1.165) is 0 Å². The van der Waals surface area contributed by atoms with Crippen LogP contribution in [0.4, 0.5) is 11.4 Å². The molecule has 0 saturated heterocycles. The maximum absolute atomic E-state index is 11.8. The Balaban J connectivity index is 2.97. The maximum atomic E-state index is 11.8. The molecule has 0 unspecified atom stereocenters. The first-order chi connectivity index (χ1) is 8.13. The molecule has 1 aromatic rings. The Bertz CT molecular complexity index is 521. The van der Waals surface area contributed by atoms with Crippen molar-refractivity contribution in [3.63, 3.8) is 0 Å². The second kappa shape index (κ2) is 5.03. The fourth-order valence-corrected chi connectivity index (χ4v) is 2.65. The van der Waals surface area contributed by atoms with E-state index in [0.29, 0.717) is 11.4 Å². The van der Waals surface area contributed by atoms with Crippen LogP contribution in [0.1, 0.15) is 20.8 Å². The lowest BCUT2D eigenvalue weighted by Crippen LogP contribution is -2.43. The molecule has 4 N–H and O–H groups in total. The van der Waals surface area contributed by atoms with Crippen molar-refractivity contribution in [3.05, 3.63) is 18.2 Å². The molecule has 0 bridgehead atoms. The molecular formula is C11H19N3O3S. The van der Waals surface area contributed by atoms with Crippen molar-refractivity contribution in [1.82, 2.24) is 4.72 Å². The third-order valence-electron chi connectivity index (χ3n) is 1.95. The molecule has 0 spiro atoms. The van der Waals surface area contributed by atoms with Crippen LogP contribution >= 0.6 is 0 Å². The first-order valence-electron chi connectivity index (χ1n) is 5.38. The zero-order chi connectivity index (χ0) is 14.0. The first-order valence-corrected chi connectivity index (χ1v) is 6.86. The van der Waals surface area contributed by atoms with Crippen LogP contribution in [0.2, 0.25) is 0 Å². The standard InChI is InChI=1S/C11H19N3O3S/c1-11(2,3)14-18(15,16)13-10-7-8(17-4)5-6-9(10)12/h5-7,13-14H,12H2,1-4H3. The van der Waals surface area contributed by atoms with Gasteiger partial charge in [0, 0.05) is 11.6 Å². The zero-order valence-electron chi connectivity index (χ0n) is 10.9. The van der Waals surface area contributed by atoms with Gasteiger partial charge in [0.05, 0.1) is 18.5 Å². The summed E-state index contributed by atoms with van der Waals surface area (Å²) in [5.74, 6) is 0.526. The van der Waals surface area contributed by atoms with E-state index in [1.54, 1.807) is 32.9 Å². The topological polar surface area (TPSA) is 93.4 Å². The largest absolute Gasteiger partial charge is 0.497 e. The Hall–Kier alpha value is -1.47. The van der Waals surface area contributed by atoms with Gasteiger partial charge < -0.3 is 10.5 Å². The summed E-state index contributed by atoms with van der Waals surface area (Å²) in [6.45, 7) is 5.25. The number of hydrogen-bond acceptors (Lipinski definition) is 4. The van der Waals surface area contributed by atoms with Crippen LogP contribution in [0.3, 0.4) is 0 Å². The van der Waals surface area contributed by atoms with Crippen LogP contribution < -0.4 is 19.9 Å². The highest BCUT2D eigenvalue weighted by Crippen LogP contribution is 2.25. The number of anilines is 2. The Labute approximate surface area is 108 Å². The average molecular weight is 273 g/mol. The van der Waals surface area contributed by atoms with E-state index in [2.05, 4.69) is 9.44 Å². The number of nitrogens with one attached hydrogen (secondary N) is 2. The van der Waals surface area contributed by atoms with E-state index in [1.807, 2.05) is 0 Å². The molecule has 102 valence electrons. The van der Waals surface area contributed by atoms with Gasteiger partial charge in [0.15, 0.2) is 0 Å². The summed E-state index contributed by atoms with van der Waals surface area (Å²) in [6, 6.07) is 4.76. The zero-order valence-corrected chi connectivity index (χ0v) is 11.8. The highest BCUT2D eigenvalue weighted by atomic mass is 32.2. The second-order valence-electron chi connectivity index (χ2n) is 4.91. The predicted molar refractivity (Wildman–Crippen MR) is 72.8 cm³/mol. The van der Waals surface area contributed by atoms with Gasteiger partial charge in [-0.15, -0.1) is 0 Å². The molecule has 0 aromatic heterocycles. The number of hydrogen-bond donors (Lipinski definition) is 3. The molecule has 0 atom stereocenters. The molecule has 0 aliphatic rings. The van der Waals surface area contributed by atoms with E-state index in [9.17, 15) is 8.42 Å². The van der Waals surface area contributed by atoms with Gasteiger partial charge in [-0.2, -0.15) is 13.1 Å². The van der Waals surface area contributed by atoms with Crippen molar-refractivity contribution in [2.24, 2.45) is 0 Å². The third-order valence-corrected chi connectivity index (χ3v) is 3.32. The lowest BCUT2D eigenvalue weighted by atomic mass is 10.1. The number of nitrogens with two attached hydrogens (primary N) is 1. The van der Waals surface area contributed by atoms with Crippen LogP contribution in [0.5, 0.6) is 5.75 Å². The molecule has 0 fully saturated rings. The molecule has 0 amide bonds. The number of benzene rings is 1. The fourth-order valence-electron chi connectivity index (χ4n) is 1.32. The Kier molecular flexibility index (Phi) is 4.08. The van der Waals surface area contributed by atoms with Gasteiger partial charge >= 0.3 is 0 Å². The normalized spacial score (nSPS) is 12.2. The highest BCUT2D eigenvalue weighted by Gasteiger charge is 2.20. The second-order valence-corrected chi connectivity index (χ2v) is 6.33. The van der Waals surface area contributed by atoms with Gasteiger partial charge in [0.2, 0.25) is 0 Å². The van der Waals surface area contributed by atoms with Crippen molar-refractivity contribution in [2.75, 3.05) is 17.6 Å². The van der Waals surface area contributed by atoms with Crippen LogP contribution in [0, 0.1) is 0 Å². The van der Waals surface area contributed by atoms with Crippen molar-refractivity contribution in [3.8, 4) is 5.75 Å². The Morgan fingerprint density at radius 2 is 1.89 bits per heavy atom. The molecule has 0 heterocycles. The lowest BCUT2D eigenvalue weighted by molar-refractivity contribution is 0.415. The van der Waals surface area contributed by atoms with Crippen molar-refractivity contribution in [1.29, 1.82) is 0 Å². The van der Waals surface area contributed by atoms with E-state index in [-0.39, 0.29) is 5.69 Å². The first kappa shape index (κ1) is 14.6. The predicted octanol–water partition coefficient (Wildman–Crippen LogP) is 1.32. The van der Waals surface area contributed by atoms with Gasteiger partial charge in [-0.3, -0.25) is 4.72 Å². The SMILES string of the molecule is COc1ccc(N)c(NS(=O)(=O)NC(C)(C)C)c1. The number of nitrogen functional groups attached to an aromatic ring is 1. The van der Waals surface area contributed by atoms with Crippen molar-refractivity contribution in [2.45, 2.75) is 26.3 Å². The summed E-state index contributed by atoms with van der Waals surface area (Å²) in [6.07, 6.45) is 0. The van der Waals surface area contributed by atoms with Gasteiger partial charge in [-0.05, 0) is 32.9 Å². The van der Waals surface area contributed by atoms with Crippen LogP contribution in [0.25, 0.3) is 0 Å². The van der Waals surface area contributed by atoms with Crippen LogP contribution in [-0.2, 0) is 10.2 Å². The molecule has 0 aliphatic heterocycles. The summed E-state index contributed by atoms with van der Waals surface area (Å²) in [5, 5.41) is 0. The smallest absolute Gasteiger partial charge is 0.299 e. The van der Waals surface area contributed by atoms with E-state index in [1.165, 1.54) is 13.2 Å². The summed E-state index contributed by atoms with van der Waals surface area (Å²) in [5.41, 5.74) is 5.75. The summed E-state index contributed by atoms with van der Waals surface area (Å²) in [4.78, 5) is 0. The maximum Gasteiger partial charge on any atom is 0.299 e. The van der Waals surface area contributed by atoms with Gasteiger partial charge in [-0.25, -0.2) is 0 Å². The Morgan fingerprint density at radius 1 is 1.28 bits per heavy atom. The minimum Gasteiger partial charge on any atom is -0.497 e. The van der Waals surface area contributed by atoms with Gasteiger partial charge in [0.25, 0.3) is 10.2 Å². The lowest BCUT2D eigenvalue weighted by Gasteiger charge is -2.21. The number of methoxy groups -OCH3 is 1. The Morgan fingerprint density at radius 3 is 2.39 bits per heavy atom. The molecule has 7 heteroatoms. The fraction of sp³-hybridized carbons (Fsp3) is 0.455. The third kappa shape index (κ3) is 4.42. The monoisotopic (exact) mass is 273 g/mol. The van der Waals surface area contributed by atoms with Crippen molar-refractivity contribution < 1.29 is 13.2 Å². The highest BCUT2D eigenvalue weighted by molar-refractivity contribution is 7.90. The van der Waals surface area contributed by atoms with E-state index < -0.39 is 15.7 Å². The summed E-state index contributed by atoms with van der Waals surface area (Å²) < 4.78 is 33.6. The molecule has 0 saturated carbocycles. The molecule has 0 radical (unpaired) electrons. The molecular weight excluding hydrogens is 254 g/mol. The quantitative estimate of drug-likeness (QED) is 0.721. The minimum absolute atomic E-state index is 0.283. The molecule has 1 rings (SSSR count). The number of rotatable bonds is 4. The molecule has 0 aliphatic carbocycles. The molecule has 1 aromatic carbocycles. The van der Waals surface area contributed by atoms with E-state index in [4.69, 9.17) is 10.5 Å². The number of ether oxygens (including phenoxy) is 1. The molecule has 18 heavy (non-hydrogen) atoms. The van der Waals surface area contributed by atoms with E-state index >= 15 is 0 Å². The summed E-state index contributed by atoms with van der Waals surface area (Å²) >= 11 is 0. The minimum atomic E-state index is -3.68. The summed E-state index contributed by atoms with van der Waals surface area (Å²) in [7, 11) is -2.18. The van der Waals surface area contributed by atoms with Gasteiger partial charge in [-0.1, -0.05) is 0 Å². The van der Waals surface area contributed by atoms with Gasteiger partial charge in [0.1, 0.15) is 5.75 Å². The van der Waals surface area contributed by atoms with Crippen molar-refractivity contribution >= 4 is 21.6 Å². The van der Waals surface area contributed by atoms with Crippen LogP contribution in [-0.4, -0.2) is 21.1 Å².